The summed E-state index contributed by atoms with van der Waals surface area (Å²) in [7, 11) is 0. The van der Waals surface area contributed by atoms with Gasteiger partial charge in [0.2, 0.25) is 0 Å². The molecule has 0 saturated carbocycles. The van der Waals surface area contributed by atoms with Gasteiger partial charge < -0.3 is 10.2 Å². The van der Waals surface area contributed by atoms with Crippen molar-refractivity contribution in [1.29, 1.82) is 0 Å². The van der Waals surface area contributed by atoms with Gasteiger partial charge in [-0.1, -0.05) is 44.2 Å². The second-order valence-electron chi connectivity index (χ2n) is 7.73. The van der Waals surface area contributed by atoms with Gasteiger partial charge in [0.15, 0.2) is 0 Å². The first-order chi connectivity index (χ1) is 12.9. The van der Waals surface area contributed by atoms with Gasteiger partial charge in [0.25, 0.3) is 0 Å². The monoisotopic (exact) mass is 369 g/mol. The number of nitrogens with zero attached hydrogens (tertiary/aromatic N) is 3. The summed E-state index contributed by atoms with van der Waals surface area (Å²) in [6.07, 6.45) is 3.45. The first kappa shape index (κ1) is 19.5. The van der Waals surface area contributed by atoms with Crippen molar-refractivity contribution in [3.63, 3.8) is 0 Å². The summed E-state index contributed by atoms with van der Waals surface area (Å²) < 4.78 is 0. The number of rotatable bonds is 6. The number of piperidine rings is 1. The van der Waals surface area contributed by atoms with Crippen LogP contribution in [-0.2, 0) is 17.8 Å². The third-order valence-corrected chi connectivity index (χ3v) is 5.38. The third-order valence-electron chi connectivity index (χ3n) is 5.38. The second kappa shape index (κ2) is 8.15. The van der Waals surface area contributed by atoms with E-state index in [0.717, 1.165) is 17.0 Å². The van der Waals surface area contributed by atoms with E-state index in [9.17, 15) is 15.0 Å². The topological polar surface area (TPSA) is 86.6 Å². The quantitative estimate of drug-likeness (QED) is 0.813. The minimum Gasteiger partial charge on any atom is -0.481 e. The molecule has 0 amide bonds. The van der Waals surface area contributed by atoms with Gasteiger partial charge in [0.1, 0.15) is 11.2 Å². The number of β-amino-alcohol motifs (C(OH)–C–C–N with tert-alkyl or cyclic N) is 1. The van der Waals surface area contributed by atoms with E-state index >= 15 is 0 Å². The summed E-state index contributed by atoms with van der Waals surface area (Å²) in [6, 6.07) is 9.53. The zero-order valence-electron chi connectivity index (χ0n) is 15.9. The molecule has 1 aliphatic heterocycles. The van der Waals surface area contributed by atoms with E-state index in [4.69, 9.17) is 0 Å². The van der Waals surface area contributed by atoms with Crippen LogP contribution in [0.5, 0.6) is 0 Å². The third kappa shape index (κ3) is 4.34. The number of aliphatic hydroxyl groups excluding tert-OH is 1. The fourth-order valence-corrected chi connectivity index (χ4v) is 3.67. The Balaban J connectivity index is 1.68. The lowest BCUT2D eigenvalue weighted by atomic mass is 9.71. The Morgan fingerprint density at radius 2 is 1.89 bits per heavy atom. The molecule has 3 rings (SSSR count). The molecular formula is C21H27N3O3. The van der Waals surface area contributed by atoms with E-state index in [1.165, 1.54) is 0 Å². The molecule has 2 N–H and O–H groups in total. The van der Waals surface area contributed by atoms with Crippen LogP contribution in [0.1, 0.15) is 43.1 Å². The fraction of sp³-hybridized carbons (Fsp3) is 0.476. The molecule has 6 heteroatoms. The molecule has 144 valence electrons. The van der Waals surface area contributed by atoms with Crippen molar-refractivity contribution in [2.75, 3.05) is 13.1 Å². The SMILES string of the molecule is CC(C)c1ncc(CN2CC[C@](Cc3ccccc3)(C(=O)O)[C@@H](O)C2)cn1. The van der Waals surface area contributed by atoms with Crippen LogP contribution in [0.2, 0.25) is 0 Å². The van der Waals surface area contributed by atoms with E-state index < -0.39 is 17.5 Å². The highest BCUT2D eigenvalue weighted by Crippen LogP contribution is 2.36. The Bertz CT molecular complexity index is 764. The van der Waals surface area contributed by atoms with Crippen molar-refractivity contribution in [2.45, 2.75) is 45.3 Å². The number of hydrogen-bond donors (Lipinski definition) is 2. The Morgan fingerprint density at radius 1 is 1.22 bits per heavy atom. The molecule has 1 aromatic heterocycles. The molecule has 2 heterocycles. The van der Waals surface area contributed by atoms with Crippen LogP contribution >= 0.6 is 0 Å². The van der Waals surface area contributed by atoms with E-state index in [1.807, 2.05) is 56.6 Å². The predicted octanol–water partition coefficient (Wildman–Crippen LogP) is 2.48. The van der Waals surface area contributed by atoms with E-state index in [1.54, 1.807) is 0 Å². The minimum absolute atomic E-state index is 0.282. The summed E-state index contributed by atoms with van der Waals surface area (Å²) in [5, 5.41) is 20.6. The van der Waals surface area contributed by atoms with Crippen LogP contribution < -0.4 is 0 Å². The molecular weight excluding hydrogens is 342 g/mol. The largest absolute Gasteiger partial charge is 0.481 e. The van der Waals surface area contributed by atoms with Crippen molar-refractivity contribution in [1.82, 2.24) is 14.9 Å². The summed E-state index contributed by atoms with van der Waals surface area (Å²) in [5.74, 6) is 0.165. The number of carboxylic acid groups (broad SMARTS) is 1. The molecule has 0 bridgehead atoms. The molecule has 1 fully saturated rings. The van der Waals surface area contributed by atoms with Gasteiger partial charge in [-0.2, -0.15) is 0 Å². The summed E-state index contributed by atoms with van der Waals surface area (Å²) in [4.78, 5) is 22.9. The van der Waals surface area contributed by atoms with Gasteiger partial charge in [-0.25, -0.2) is 9.97 Å². The highest BCUT2D eigenvalue weighted by molar-refractivity contribution is 5.76. The maximum Gasteiger partial charge on any atom is 0.312 e. The molecule has 27 heavy (non-hydrogen) atoms. The molecule has 2 aromatic rings. The van der Waals surface area contributed by atoms with Crippen LogP contribution in [0.4, 0.5) is 0 Å². The van der Waals surface area contributed by atoms with Crippen LogP contribution in [-0.4, -0.2) is 50.2 Å². The number of aromatic nitrogens is 2. The molecule has 0 spiro atoms. The van der Waals surface area contributed by atoms with E-state index in [-0.39, 0.29) is 5.92 Å². The number of carboxylic acids is 1. The number of carbonyl (C=O) groups is 1. The Morgan fingerprint density at radius 3 is 2.44 bits per heavy atom. The van der Waals surface area contributed by atoms with Crippen molar-refractivity contribution in [2.24, 2.45) is 5.41 Å². The van der Waals surface area contributed by atoms with Gasteiger partial charge in [0, 0.05) is 37.0 Å². The summed E-state index contributed by atoms with van der Waals surface area (Å²) in [5.41, 5.74) is 0.762. The number of aliphatic carboxylic acids is 1. The van der Waals surface area contributed by atoms with Crippen LogP contribution in [0.3, 0.4) is 0 Å². The minimum atomic E-state index is -1.14. The maximum atomic E-state index is 12.1. The smallest absolute Gasteiger partial charge is 0.312 e. The summed E-state index contributed by atoms with van der Waals surface area (Å²) in [6.45, 7) is 5.64. The lowest BCUT2D eigenvalue weighted by Gasteiger charge is -2.43. The van der Waals surface area contributed by atoms with Gasteiger partial charge in [-0.05, 0) is 24.9 Å². The van der Waals surface area contributed by atoms with Gasteiger partial charge >= 0.3 is 5.97 Å². The second-order valence-corrected chi connectivity index (χ2v) is 7.73. The summed E-state index contributed by atoms with van der Waals surface area (Å²) >= 11 is 0. The average molecular weight is 369 g/mol. The van der Waals surface area contributed by atoms with Crippen LogP contribution in [0, 0.1) is 5.41 Å². The van der Waals surface area contributed by atoms with Crippen LogP contribution in [0.15, 0.2) is 42.7 Å². The molecule has 0 aliphatic carbocycles. The maximum absolute atomic E-state index is 12.1. The zero-order valence-corrected chi connectivity index (χ0v) is 15.9. The van der Waals surface area contributed by atoms with E-state index in [0.29, 0.717) is 32.5 Å². The van der Waals surface area contributed by atoms with Crippen molar-refractivity contribution in [3.8, 4) is 0 Å². The molecule has 0 radical (unpaired) electrons. The zero-order chi connectivity index (χ0) is 19.4. The molecule has 1 aromatic carbocycles. The normalized spacial score (nSPS) is 23.5. The lowest BCUT2D eigenvalue weighted by molar-refractivity contribution is -0.163. The Kier molecular flexibility index (Phi) is 5.87. The lowest BCUT2D eigenvalue weighted by Crippen LogP contribution is -2.55. The van der Waals surface area contributed by atoms with Gasteiger partial charge in [-0.3, -0.25) is 9.69 Å². The van der Waals surface area contributed by atoms with Gasteiger partial charge in [-0.15, -0.1) is 0 Å². The standard InChI is InChI=1S/C21H27N3O3/c1-15(2)19-22-11-17(12-23-19)13-24-9-8-21(20(26)27,18(25)14-24)10-16-6-4-3-5-7-16/h3-7,11-12,15,18,25H,8-10,13-14H2,1-2H3,(H,26,27)/t18-,21+/m0/s1. The number of benzene rings is 1. The Labute approximate surface area is 159 Å². The molecule has 0 unspecified atom stereocenters. The number of likely N-dealkylation sites (tertiary alicyclic amines) is 1. The van der Waals surface area contributed by atoms with Crippen molar-refractivity contribution >= 4 is 5.97 Å². The van der Waals surface area contributed by atoms with Crippen molar-refractivity contribution < 1.29 is 15.0 Å². The first-order valence-corrected chi connectivity index (χ1v) is 9.39. The molecule has 1 saturated heterocycles. The van der Waals surface area contributed by atoms with Gasteiger partial charge in [0.05, 0.1) is 6.10 Å². The van der Waals surface area contributed by atoms with Crippen LogP contribution in [0.25, 0.3) is 0 Å². The molecule has 1 aliphatic rings. The average Bonchev–Trinajstić information content (AvgIpc) is 2.65. The first-order valence-electron chi connectivity index (χ1n) is 9.39. The number of aliphatic hydroxyl groups is 1. The highest BCUT2D eigenvalue weighted by Gasteiger charge is 2.48. The van der Waals surface area contributed by atoms with Crippen molar-refractivity contribution in [3.05, 3.63) is 59.7 Å². The molecule has 6 nitrogen and oxygen atoms in total. The predicted molar refractivity (Wildman–Crippen MR) is 102 cm³/mol. The Hall–Kier alpha value is -2.31. The number of hydrogen-bond acceptors (Lipinski definition) is 5. The van der Waals surface area contributed by atoms with E-state index in [2.05, 4.69) is 14.9 Å². The highest BCUT2D eigenvalue weighted by atomic mass is 16.4. The fourth-order valence-electron chi connectivity index (χ4n) is 3.67. The molecule has 2 atom stereocenters.